The first-order valence-corrected chi connectivity index (χ1v) is 6.59. The number of aliphatic hydroxyl groups excluding tert-OH is 1. The van der Waals surface area contributed by atoms with E-state index in [1.165, 1.54) is 0 Å². The first-order chi connectivity index (χ1) is 9.15. The van der Waals surface area contributed by atoms with Gasteiger partial charge in [0.1, 0.15) is 5.69 Å². The number of aromatic nitrogens is 2. The molecule has 0 radical (unpaired) electrons. The quantitative estimate of drug-likeness (QED) is 0.856. The number of hydrogen-bond donors (Lipinski definition) is 1. The van der Waals surface area contributed by atoms with Crippen LogP contribution in [0.25, 0.3) is 0 Å². The van der Waals surface area contributed by atoms with Crippen LogP contribution in [0.15, 0.2) is 36.7 Å². The van der Waals surface area contributed by atoms with Crippen LogP contribution in [0.1, 0.15) is 37.4 Å². The largest absolute Gasteiger partial charge is 0.363 e. The molecule has 0 aliphatic rings. The molecular weight excluding hydrogens is 264 g/mol. The lowest BCUT2D eigenvalue weighted by Gasteiger charge is -2.20. The first-order valence-electron chi connectivity index (χ1n) is 6.22. The van der Waals surface area contributed by atoms with Crippen molar-refractivity contribution >= 4 is 11.6 Å². The summed E-state index contributed by atoms with van der Waals surface area (Å²) in [4.78, 5) is 4.05. The molecule has 0 fully saturated rings. The number of imidazole rings is 1. The highest BCUT2D eigenvalue weighted by atomic mass is 35.5. The van der Waals surface area contributed by atoms with Crippen molar-refractivity contribution in [3.63, 3.8) is 0 Å². The molecule has 1 N–H and O–H groups in total. The summed E-state index contributed by atoms with van der Waals surface area (Å²) in [5.74, 6) is 0. The molecule has 2 unspecified atom stereocenters. The van der Waals surface area contributed by atoms with Crippen LogP contribution in [0.4, 0.5) is 0 Å². The van der Waals surface area contributed by atoms with Crippen LogP contribution in [0.3, 0.4) is 0 Å². The summed E-state index contributed by atoms with van der Waals surface area (Å²) >= 11 is 6.04. The van der Waals surface area contributed by atoms with Gasteiger partial charge in [-0.05, 0) is 19.4 Å². The lowest BCUT2D eigenvalue weighted by atomic mass is 10.1. The third-order valence-corrected chi connectivity index (χ3v) is 3.33. The summed E-state index contributed by atoms with van der Waals surface area (Å²) in [5, 5.41) is 10.3. The molecule has 0 aliphatic carbocycles. The fourth-order valence-electron chi connectivity index (χ4n) is 2.01. The van der Waals surface area contributed by atoms with Crippen LogP contribution in [0, 0.1) is 0 Å². The predicted octanol–water partition coefficient (Wildman–Crippen LogP) is 3.17. The summed E-state index contributed by atoms with van der Waals surface area (Å²) in [5.41, 5.74) is 1.60. The average molecular weight is 281 g/mol. The van der Waals surface area contributed by atoms with E-state index in [0.29, 0.717) is 12.3 Å². The van der Waals surface area contributed by atoms with Crippen LogP contribution >= 0.6 is 11.6 Å². The number of benzene rings is 1. The van der Waals surface area contributed by atoms with Gasteiger partial charge >= 0.3 is 0 Å². The van der Waals surface area contributed by atoms with Crippen molar-refractivity contribution < 1.29 is 9.84 Å². The smallest absolute Gasteiger partial charge is 0.199 e. The summed E-state index contributed by atoms with van der Waals surface area (Å²) in [6.07, 6.45) is 0.559. The fourth-order valence-corrected chi connectivity index (χ4v) is 2.25. The van der Waals surface area contributed by atoms with Gasteiger partial charge in [0.2, 0.25) is 0 Å². The van der Waals surface area contributed by atoms with Gasteiger partial charge in [0.15, 0.2) is 11.4 Å². The van der Waals surface area contributed by atoms with Crippen LogP contribution in [0.2, 0.25) is 5.15 Å². The molecule has 2 aromatic rings. The van der Waals surface area contributed by atoms with E-state index in [4.69, 9.17) is 16.3 Å². The normalized spacial score (nSPS) is 14.3. The van der Waals surface area contributed by atoms with E-state index < -0.39 is 6.29 Å². The van der Waals surface area contributed by atoms with Crippen molar-refractivity contribution in [1.82, 2.24) is 9.55 Å². The van der Waals surface area contributed by atoms with Crippen LogP contribution in [-0.4, -0.2) is 21.3 Å². The van der Waals surface area contributed by atoms with E-state index in [1.807, 2.05) is 48.7 Å². The second-order valence-corrected chi connectivity index (χ2v) is 4.58. The lowest BCUT2D eigenvalue weighted by molar-refractivity contribution is -0.103. The number of ether oxygens (including phenoxy) is 1. The van der Waals surface area contributed by atoms with Crippen molar-refractivity contribution in [2.24, 2.45) is 0 Å². The minimum Gasteiger partial charge on any atom is -0.363 e. The molecule has 0 spiro atoms. The number of rotatable bonds is 5. The molecule has 1 aromatic carbocycles. The Bertz CT molecular complexity index is 527. The van der Waals surface area contributed by atoms with Crippen molar-refractivity contribution in [2.45, 2.75) is 26.2 Å². The zero-order chi connectivity index (χ0) is 13.8. The second-order valence-electron chi connectivity index (χ2n) is 4.22. The average Bonchev–Trinajstić information content (AvgIpc) is 2.81. The Kier molecular flexibility index (Phi) is 4.58. The van der Waals surface area contributed by atoms with Gasteiger partial charge in [-0.25, -0.2) is 4.98 Å². The van der Waals surface area contributed by atoms with Crippen molar-refractivity contribution in [2.75, 3.05) is 6.61 Å². The summed E-state index contributed by atoms with van der Waals surface area (Å²) < 4.78 is 7.04. The molecule has 1 aromatic heterocycles. The maximum atomic E-state index is 10.00. The number of hydrogen-bond acceptors (Lipinski definition) is 3. The molecule has 0 aliphatic heterocycles. The maximum absolute atomic E-state index is 10.00. The van der Waals surface area contributed by atoms with Gasteiger partial charge in [-0.1, -0.05) is 41.9 Å². The highest BCUT2D eigenvalue weighted by Gasteiger charge is 2.21. The predicted molar refractivity (Wildman–Crippen MR) is 74.1 cm³/mol. The van der Waals surface area contributed by atoms with Gasteiger partial charge in [-0.15, -0.1) is 0 Å². The lowest BCUT2D eigenvalue weighted by Crippen LogP contribution is -2.14. The molecule has 0 saturated carbocycles. The Morgan fingerprint density at radius 2 is 2.05 bits per heavy atom. The van der Waals surface area contributed by atoms with Gasteiger partial charge in [-0.3, -0.25) is 0 Å². The summed E-state index contributed by atoms with van der Waals surface area (Å²) in [6.45, 7) is 4.25. The SMILES string of the molecule is CCOC(O)c1c(Cl)ncn1C(C)c1ccccc1. The molecule has 4 nitrogen and oxygen atoms in total. The van der Waals surface area contributed by atoms with Crippen molar-refractivity contribution in [3.8, 4) is 0 Å². The highest BCUT2D eigenvalue weighted by Crippen LogP contribution is 2.28. The van der Waals surface area contributed by atoms with Crippen LogP contribution < -0.4 is 0 Å². The Labute approximate surface area is 117 Å². The first kappa shape index (κ1) is 14.1. The van der Waals surface area contributed by atoms with Gasteiger partial charge in [-0.2, -0.15) is 0 Å². The van der Waals surface area contributed by atoms with E-state index in [0.717, 1.165) is 5.56 Å². The number of halogens is 1. The van der Waals surface area contributed by atoms with Gasteiger partial charge in [0.25, 0.3) is 0 Å². The molecule has 0 bridgehead atoms. The van der Waals surface area contributed by atoms with E-state index in [2.05, 4.69) is 4.98 Å². The minimum absolute atomic E-state index is 0.0197. The molecule has 102 valence electrons. The zero-order valence-electron chi connectivity index (χ0n) is 11.0. The summed E-state index contributed by atoms with van der Waals surface area (Å²) in [6, 6.07) is 9.98. The third kappa shape index (κ3) is 2.97. The standard InChI is InChI=1S/C14H17ClN2O2/c1-3-19-14(18)12-13(15)16-9-17(12)10(2)11-7-5-4-6-8-11/h4-10,14,18H,3H2,1-2H3. The van der Waals surface area contributed by atoms with Gasteiger partial charge in [0, 0.05) is 6.61 Å². The molecular formula is C14H17ClN2O2. The minimum atomic E-state index is -1.06. The van der Waals surface area contributed by atoms with Gasteiger partial charge < -0.3 is 14.4 Å². The monoisotopic (exact) mass is 280 g/mol. The Morgan fingerprint density at radius 1 is 1.37 bits per heavy atom. The number of aliphatic hydroxyl groups is 1. The van der Waals surface area contributed by atoms with Crippen LogP contribution in [0.5, 0.6) is 0 Å². The van der Waals surface area contributed by atoms with Crippen LogP contribution in [-0.2, 0) is 4.74 Å². The Morgan fingerprint density at radius 3 is 2.68 bits per heavy atom. The topological polar surface area (TPSA) is 47.3 Å². The fraction of sp³-hybridized carbons (Fsp3) is 0.357. The highest BCUT2D eigenvalue weighted by molar-refractivity contribution is 6.30. The Balaban J connectivity index is 2.35. The third-order valence-electron chi connectivity index (χ3n) is 3.04. The second kappa shape index (κ2) is 6.19. The molecule has 1 heterocycles. The number of nitrogens with zero attached hydrogens (tertiary/aromatic N) is 2. The molecule has 0 amide bonds. The van der Waals surface area contributed by atoms with Gasteiger partial charge in [0.05, 0.1) is 12.4 Å². The summed E-state index contributed by atoms with van der Waals surface area (Å²) in [7, 11) is 0. The molecule has 2 rings (SSSR count). The molecule has 5 heteroatoms. The zero-order valence-corrected chi connectivity index (χ0v) is 11.7. The molecule has 2 atom stereocenters. The maximum Gasteiger partial charge on any atom is 0.199 e. The molecule has 0 saturated heterocycles. The van der Waals surface area contributed by atoms with E-state index in [-0.39, 0.29) is 11.2 Å². The van der Waals surface area contributed by atoms with E-state index in [1.54, 1.807) is 6.33 Å². The van der Waals surface area contributed by atoms with E-state index in [9.17, 15) is 5.11 Å². The van der Waals surface area contributed by atoms with Crippen molar-refractivity contribution in [3.05, 3.63) is 53.1 Å². The Hall–Kier alpha value is -1.36. The van der Waals surface area contributed by atoms with Crippen molar-refractivity contribution in [1.29, 1.82) is 0 Å². The van der Waals surface area contributed by atoms with E-state index >= 15 is 0 Å². The molecule has 19 heavy (non-hydrogen) atoms.